The highest BCUT2D eigenvalue weighted by atomic mass is 35.5. The van der Waals surface area contributed by atoms with E-state index in [2.05, 4.69) is 5.32 Å². The minimum absolute atomic E-state index is 0. The van der Waals surface area contributed by atoms with Gasteiger partial charge in [0.2, 0.25) is 5.91 Å². The summed E-state index contributed by atoms with van der Waals surface area (Å²) in [7, 11) is 1.68. The molecule has 2 fully saturated rings. The number of likely N-dealkylation sites (N-methyl/N-ethyl adjacent to an activating group) is 1. The molecule has 1 saturated carbocycles. The zero-order chi connectivity index (χ0) is 18.1. The fourth-order valence-electron chi connectivity index (χ4n) is 3.69. The molecule has 0 bridgehead atoms. The number of imide groups is 1. The van der Waals surface area contributed by atoms with Crippen molar-refractivity contribution in [2.75, 3.05) is 26.7 Å². The number of rotatable bonds is 5. The first-order valence-electron chi connectivity index (χ1n) is 8.71. The molecule has 2 aliphatic rings. The molecule has 8 heteroatoms. The fourth-order valence-corrected chi connectivity index (χ4v) is 3.69. The monoisotopic (exact) mass is 374 g/mol. The number of urea groups is 1. The minimum Gasteiger partial charge on any atom is -0.344 e. The lowest BCUT2D eigenvalue weighted by molar-refractivity contribution is -0.140. The number of hydrogen-bond donors (Lipinski definition) is 2. The van der Waals surface area contributed by atoms with Gasteiger partial charge in [-0.25, -0.2) is 4.79 Å². The molecule has 3 N–H and O–H groups in total. The molecule has 25 heavy (non-hydrogen) atoms. The third-order valence-electron chi connectivity index (χ3n) is 5.44. The van der Waals surface area contributed by atoms with E-state index in [-0.39, 0.29) is 42.1 Å². The van der Waals surface area contributed by atoms with Gasteiger partial charge in [0.15, 0.2) is 0 Å². The van der Waals surface area contributed by atoms with Crippen LogP contribution in [0.15, 0.2) is 0 Å². The van der Waals surface area contributed by atoms with Crippen LogP contribution in [0.25, 0.3) is 0 Å². The summed E-state index contributed by atoms with van der Waals surface area (Å²) in [5.41, 5.74) is 4.68. The van der Waals surface area contributed by atoms with Gasteiger partial charge in [0.1, 0.15) is 12.1 Å². The highest BCUT2D eigenvalue weighted by Gasteiger charge is 2.55. The van der Waals surface area contributed by atoms with Crippen molar-refractivity contribution >= 4 is 30.3 Å². The van der Waals surface area contributed by atoms with Crippen LogP contribution >= 0.6 is 12.4 Å². The van der Waals surface area contributed by atoms with Crippen LogP contribution in [0, 0.1) is 11.3 Å². The van der Waals surface area contributed by atoms with Gasteiger partial charge in [0.25, 0.3) is 5.91 Å². The van der Waals surface area contributed by atoms with E-state index < -0.39 is 11.6 Å². The summed E-state index contributed by atoms with van der Waals surface area (Å²) in [6.45, 7) is 6.67. The lowest BCUT2D eigenvalue weighted by Crippen LogP contribution is -2.54. The second-order valence-electron chi connectivity index (χ2n) is 8.06. The second-order valence-corrected chi connectivity index (χ2v) is 8.06. The predicted octanol–water partition coefficient (Wildman–Crippen LogP) is 1.35. The largest absolute Gasteiger partial charge is 0.344 e. The van der Waals surface area contributed by atoms with Crippen LogP contribution in [0.4, 0.5) is 4.79 Å². The van der Waals surface area contributed by atoms with E-state index in [1.807, 2.05) is 20.8 Å². The van der Waals surface area contributed by atoms with E-state index in [0.29, 0.717) is 19.5 Å². The summed E-state index contributed by atoms with van der Waals surface area (Å²) in [4.78, 5) is 40.2. The number of hydrogen-bond acceptors (Lipinski definition) is 4. The first-order chi connectivity index (χ1) is 11.1. The third kappa shape index (κ3) is 4.26. The van der Waals surface area contributed by atoms with Crippen LogP contribution in [-0.4, -0.2) is 59.9 Å². The Morgan fingerprint density at radius 2 is 2.04 bits per heavy atom. The molecule has 1 heterocycles. The average molecular weight is 375 g/mol. The number of carbonyl (C=O) groups is 3. The molecule has 1 aliphatic carbocycles. The summed E-state index contributed by atoms with van der Waals surface area (Å²) in [6, 6.07) is -0.450. The molecule has 0 aromatic rings. The number of amides is 4. The Morgan fingerprint density at radius 1 is 1.40 bits per heavy atom. The van der Waals surface area contributed by atoms with Gasteiger partial charge < -0.3 is 16.0 Å². The van der Waals surface area contributed by atoms with Crippen molar-refractivity contribution in [3.8, 4) is 0 Å². The SMILES string of the molecule is CC1CCCCC12NC(=O)N(CC(=O)N(C)CC(C)(C)CN)C2=O.Cl. The number of nitrogens with zero attached hydrogens (tertiary/aromatic N) is 2. The van der Waals surface area contributed by atoms with Crippen LogP contribution in [-0.2, 0) is 9.59 Å². The van der Waals surface area contributed by atoms with Gasteiger partial charge in [-0.15, -0.1) is 12.4 Å². The van der Waals surface area contributed by atoms with E-state index in [1.165, 1.54) is 0 Å². The van der Waals surface area contributed by atoms with Crippen LogP contribution in [0.5, 0.6) is 0 Å². The summed E-state index contributed by atoms with van der Waals surface area (Å²) in [5, 5.41) is 2.87. The highest BCUT2D eigenvalue weighted by Crippen LogP contribution is 2.38. The lowest BCUT2D eigenvalue weighted by Gasteiger charge is -2.37. The quantitative estimate of drug-likeness (QED) is 0.710. The molecule has 2 atom stereocenters. The van der Waals surface area contributed by atoms with Crippen molar-refractivity contribution in [2.45, 2.75) is 52.0 Å². The van der Waals surface area contributed by atoms with Crippen LogP contribution in [0.3, 0.4) is 0 Å². The Labute approximate surface area is 156 Å². The van der Waals surface area contributed by atoms with Crippen molar-refractivity contribution in [3.05, 3.63) is 0 Å². The molecule has 7 nitrogen and oxygen atoms in total. The Hall–Kier alpha value is -1.34. The van der Waals surface area contributed by atoms with Gasteiger partial charge in [0.05, 0.1) is 0 Å². The van der Waals surface area contributed by atoms with Gasteiger partial charge in [-0.3, -0.25) is 14.5 Å². The molecule has 1 spiro atoms. The van der Waals surface area contributed by atoms with Crippen molar-refractivity contribution in [1.82, 2.24) is 15.1 Å². The molecule has 0 aromatic carbocycles. The maximum atomic E-state index is 12.9. The Morgan fingerprint density at radius 3 is 2.60 bits per heavy atom. The second kappa shape index (κ2) is 7.91. The van der Waals surface area contributed by atoms with Gasteiger partial charge >= 0.3 is 6.03 Å². The zero-order valence-electron chi connectivity index (χ0n) is 15.6. The molecule has 0 radical (unpaired) electrons. The molecule has 144 valence electrons. The van der Waals surface area contributed by atoms with Gasteiger partial charge in [-0.1, -0.05) is 33.6 Å². The predicted molar refractivity (Wildman–Crippen MR) is 98.3 cm³/mol. The number of carbonyl (C=O) groups excluding carboxylic acids is 3. The highest BCUT2D eigenvalue weighted by molar-refractivity contribution is 6.09. The molecule has 4 amide bonds. The van der Waals surface area contributed by atoms with E-state index >= 15 is 0 Å². The minimum atomic E-state index is -0.815. The lowest BCUT2D eigenvalue weighted by atomic mass is 9.73. The van der Waals surface area contributed by atoms with Gasteiger partial charge in [-0.2, -0.15) is 0 Å². The van der Waals surface area contributed by atoms with E-state index in [9.17, 15) is 14.4 Å². The maximum absolute atomic E-state index is 12.9. The number of nitrogens with one attached hydrogen (secondary N) is 1. The maximum Gasteiger partial charge on any atom is 0.325 e. The first kappa shape index (κ1) is 21.7. The molecular formula is C17H31ClN4O3. The molecule has 1 aliphatic heterocycles. The molecule has 2 unspecified atom stereocenters. The topological polar surface area (TPSA) is 95.7 Å². The Balaban J connectivity index is 0.00000312. The average Bonchev–Trinajstić information content (AvgIpc) is 2.75. The summed E-state index contributed by atoms with van der Waals surface area (Å²) in [6.07, 6.45) is 3.56. The molecule has 1 saturated heterocycles. The van der Waals surface area contributed by atoms with E-state index in [0.717, 1.165) is 24.2 Å². The Bertz CT molecular complexity index is 540. The fraction of sp³-hybridized carbons (Fsp3) is 0.824. The van der Waals surface area contributed by atoms with Gasteiger partial charge in [-0.05, 0) is 30.7 Å². The first-order valence-corrected chi connectivity index (χ1v) is 8.71. The van der Waals surface area contributed by atoms with Crippen LogP contribution in [0.2, 0.25) is 0 Å². The van der Waals surface area contributed by atoms with E-state index in [4.69, 9.17) is 5.73 Å². The van der Waals surface area contributed by atoms with Gasteiger partial charge in [0, 0.05) is 13.6 Å². The van der Waals surface area contributed by atoms with Crippen molar-refractivity contribution in [2.24, 2.45) is 17.1 Å². The summed E-state index contributed by atoms with van der Waals surface area (Å²) >= 11 is 0. The van der Waals surface area contributed by atoms with Crippen LogP contribution in [0.1, 0.15) is 46.5 Å². The smallest absolute Gasteiger partial charge is 0.325 e. The molecule has 2 rings (SSSR count). The van der Waals surface area contributed by atoms with Crippen molar-refractivity contribution in [3.63, 3.8) is 0 Å². The van der Waals surface area contributed by atoms with E-state index in [1.54, 1.807) is 11.9 Å². The number of halogens is 1. The summed E-state index contributed by atoms with van der Waals surface area (Å²) < 4.78 is 0. The third-order valence-corrected chi connectivity index (χ3v) is 5.44. The van der Waals surface area contributed by atoms with Crippen LogP contribution < -0.4 is 11.1 Å². The van der Waals surface area contributed by atoms with Crippen molar-refractivity contribution in [1.29, 1.82) is 0 Å². The number of nitrogens with two attached hydrogens (primary N) is 1. The zero-order valence-corrected chi connectivity index (χ0v) is 16.4. The standard InChI is InChI=1S/C17H30N4O3.ClH/c1-12-7-5-6-8-17(12)14(23)21(15(24)19-17)9-13(22)20(4)11-16(2,3)10-18;/h12H,5-11,18H2,1-4H3,(H,19,24);1H. The molecular weight excluding hydrogens is 344 g/mol. The Kier molecular flexibility index (Phi) is 6.87. The normalized spacial score (nSPS) is 26.4. The summed E-state index contributed by atoms with van der Waals surface area (Å²) in [5.74, 6) is -0.406. The van der Waals surface area contributed by atoms with Crippen molar-refractivity contribution < 1.29 is 14.4 Å². The molecule has 0 aromatic heterocycles.